The van der Waals surface area contributed by atoms with Crippen molar-refractivity contribution in [2.24, 2.45) is 0 Å². The number of aromatic hydroxyl groups is 1. The lowest BCUT2D eigenvalue weighted by Gasteiger charge is -2.25. The molecule has 2 aliphatic heterocycles. The molecule has 4 rings (SSSR count). The Morgan fingerprint density at radius 1 is 1.16 bits per heavy atom. The van der Waals surface area contributed by atoms with Crippen LogP contribution in [0.2, 0.25) is 0 Å². The maximum atomic E-state index is 12.6. The normalized spacial score (nSPS) is 18.4. The monoisotopic (exact) mass is 340 g/mol. The van der Waals surface area contributed by atoms with E-state index in [-0.39, 0.29) is 24.6 Å². The summed E-state index contributed by atoms with van der Waals surface area (Å²) in [6.07, 6.45) is 1.91. The first kappa shape index (κ1) is 15.6. The van der Waals surface area contributed by atoms with Crippen molar-refractivity contribution in [2.75, 3.05) is 13.3 Å². The molecule has 2 aromatic rings. The van der Waals surface area contributed by atoms with Crippen molar-refractivity contribution in [2.45, 2.75) is 25.4 Å². The molecule has 0 bridgehead atoms. The van der Waals surface area contributed by atoms with Crippen LogP contribution in [-0.4, -0.2) is 29.4 Å². The zero-order valence-electron chi connectivity index (χ0n) is 13.8. The molecule has 25 heavy (non-hydrogen) atoms. The van der Waals surface area contributed by atoms with E-state index in [0.29, 0.717) is 6.54 Å². The molecular weight excluding hydrogens is 320 g/mol. The van der Waals surface area contributed by atoms with Crippen LogP contribution in [0.3, 0.4) is 0 Å². The van der Waals surface area contributed by atoms with Crippen molar-refractivity contribution in [3.63, 3.8) is 0 Å². The van der Waals surface area contributed by atoms with Crippen molar-refractivity contribution >= 4 is 6.03 Å². The summed E-state index contributed by atoms with van der Waals surface area (Å²) < 4.78 is 10.7. The second kappa shape index (κ2) is 6.55. The minimum absolute atomic E-state index is 0.0531. The van der Waals surface area contributed by atoms with Crippen LogP contribution in [-0.2, 0) is 6.54 Å². The fourth-order valence-electron chi connectivity index (χ4n) is 3.38. The Bertz CT molecular complexity index is 775. The molecule has 0 radical (unpaired) electrons. The van der Waals surface area contributed by atoms with E-state index in [1.807, 2.05) is 35.2 Å². The third kappa shape index (κ3) is 3.20. The standard InChI is InChI=1S/C19H20N2O4/c22-15-6-4-14(5-7-15)16-2-1-9-21(16)19(23)20-11-13-3-8-17-18(10-13)25-12-24-17/h3-8,10,16,22H,1-2,9,11-12H2,(H,20,23)/t16-/m0/s1. The highest BCUT2D eigenvalue weighted by Gasteiger charge is 2.29. The predicted octanol–water partition coefficient (Wildman–Crippen LogP) is 3.17. The van der Waals surface area contributed by atoms with E-state index in [2.05, 4.69) is 5.32 Å². The molecule has 0 aromatic heterocycles. The van der Waals surface area contributed by atoms with Crippen molar-refractivity contribution in [1.82, 2.24) is 10.2 Å². The first-order valence-corrected chi connectivity index (χ1v) is 8.42. The van der Waals surface area contributed by atoms with Gasteiger partial charge >= 0.3 is 6.03 Å². The molecule has 1 saturated heterocycles. The van der Waals surface area contributed by atoms with Crippen molar-refractivity contribution in [1.29, 1.82) is 0 Å². The smallest absolute Gasteiger partial charge is 0.318 e. The van der Waals surface area contributed by atoms with Crippen molar-refractivity contribution in [3.8, 4) is 17.2 Å². The number of carbonyl (C=O) groups excluding carboxylic acids is 1. The van der Waals surface area contributed by atoms with E-state index in [1.54, 1.807) is 12.1 Å². The van der Waals surface area contributed by atoms with Gasteiger partial charge in [-0.2, -0.15) is 0 Å². The number of nitrogens with one attached hydrogen (secondary N) is 1. The zero-order valence-corrected chi connectivity index (χ0v) is 13.8. The maximum absolute atomic E-state index is 12.6. The average molecular weight is 340 g/mol. The molecule has 6 nitrogen and oxygen atoms in total. The minimum atomic E-state index is -0.0757. The molecular formula is C19H20N2O4. The lowest BCUT2D eigenvalue weighted by molar-refractivity contribution is 0.174. The number of carbonyl (C=O) groups is 1. The van der Waals surface area contributed by atoms with Crippen LogP contribution >= 0.6 is 0 Å². The summed E-state index contributed by atoms with van der Waals surface area (Å²) in [5.41, 5.74) is 2.02. The number of ether oxygens (including phenoxy) is 2. The number of phenolic OH excluding ortho intramolecular Hbond substituents is 1. The van der Waals surface area contributed by atoms with Gasteiger partial charge in [0.2, 0.25) is 6.79 Å². The van der Waals surface area contributed by atoms with Gasteiger partial charge in [-0.1, -0.05) is 18.2 Å². The number of rotatable bonds is 3. The highest BCUT2D eigenvalue weighted by Crippen LogP contribution is 2.34. The van der Waals surface area contributed by atoms with E-state index in [4.69, 9.17) is 9.47 Å². The number of amides is 2. The number of nitrogens with zero attached hydrogens (tertiary/aromatic N) is 1. The van der Waals surface area contributed by atoms with Crippen molar-refractivity contribution in [3.05, 3.63) is 53.6 Å². The van der Waals surface area contributed by atoms with E-state index < -0.39 is 0 Å². The Kier molecular flexibility index (Phi) is 4.09. The highest BCUT2D eigenvalue weighted by molar-refractivity contribution is 5.75. The Labute approximate surface area is 146 Å². The third-order valence-electron chi connectivity index (χ3n) is 4.67. The molecule has 2 amide bonds. The first-order valence-electron chi connectivity index (χ1n) is 8.42. The van der Waals surface area contributed by atoms with Gasteiger partial charge in [-0.05, 0) is 48.2 Å². The number of likely N-dealkylation sites (tertiary alicyclic amines) is 1. The zero-order chi connectivity index (χ0) is 17.2. The van der Waals surface area contributed by atoms with Gasteiger partial charge in [0, 0.05) is 13.1 Å². The van der Waals surface area contributed by atoms with Gasteiger partial charge in [0.15, 0.2) is 11.5 Å². The number of phenols is 1. The van der Waals surface area contributed by atoms with Gasteiger partial charge in [-0.25, -0.2) is 4.79 Å². The van der Waals surface area contributed by atoms with Crippen LogP contribution in [0.4, 0.5) is 4.79 Å². The number of fused-ring (bicyclic) bond motifs is 1. The molecule has 1 atom stereocenters. The van der Waals surface area contributed by atoms with Gasteiger partial charge in [-0.15, -0.1) is 0 Å². The molecule has 6 heteroatoms. The summed E-state index contributed by atoms with van der Waals surface area (Å²) >= 11 is 0. The van der Waals surface area contributed by atoms with E-state index in [9.17, 15) is 9.90 Å². The van der Waals surface area contributed by atoms with Crippen LogP contribution < -0.4 is 14.8 Å². The number of urea groups is 1. The average Bonchev–Trinajstić information content (AvgIpc) is 3.29. The molecule has 2 N–H and O–H groups in total. The molecule has 130 valence electrons. The highest BCUT2D eigenvalue weighted by atomic mass is 16.7. The van der Waals surface area contributed by atoms with Crippen LogP contribution in [0.1, 0.15) is 30.0 Å². The summed E-state index contributed by atoms with van der Waals surface area (Å²) in [6, 6.07) is 12.7. The third-order valence-corrected chi connectivity index (χ3v) is 4.67. The van der Waals surface area contributed by atoms with E-state index in [1.165, 1.54) is 0 Å². The molecule has 0 unspecified atom stereocenters. The molecule has 0 spiro atoms. The number of hydrogen-bond donors (Lipinski definition) is 2. The Balaban J connectivity index is 1.41. The molecule has 2 heterocycles. The quantitative estimate of drug-likeness (QED) is 0.900. The second-order valence-electron chi connectivity index (χ2n) is 6.29. The largest absolute Gasteiger partial charge is 0.508 e. The van der Waals surface area contributed by atoms with Crippen LogP contribution in [0, 0.1) is 0 Å². The summed E-state index contributed by atoms with van der Waals surface area (Å²) in [6.45, 7) is 1.42. The lowest BCUT2D eigenvalue weighted by Crippen LogP contribution is -2.39. The van der Waals surface area contributed by atoms with Crippen molar-refractivity contribution < 1.29 is 19.4 Å². The Morgan fingerprint density at radius 3 is 2.80 bits per heavy atom. The molecule has 0 saturated carbocycles. The summed E-state index contributed by atoms with van der Waals surface area (Å²) in [5, 5.41) is 12.4. The van der Waals surface area contributed by atoms with Crippen LogP contribution in [0.25, 0.3) is 0 Å². The van der Waals surface area contributed by atoms with E-state index >= 15 is 0 Å². The Morgan fingerprint density at radius 2 is 1.96 bits per heavy atom. The van der Waals surface area contributed by atoms with Crippen LogP contribution in [0.5, 0.6) is 17.2 Å². The molecule has 1 fully saturated rings. The summed E-state index contributed by atoms with van der Waals surface area (Å²) in [4.78, 5) is 14.5. The molecule has 0 aliphatic carbocycles. The SMILES string of the molecule is O=C(NCc1ccc2c(c1)OCO2)N1CCC[C@H]1c1ccc(O)cc1. The summed E-state index contributed by atoms with van der Waals surface area (Å²) in [5.74, 6) is 1.69. The fourth-order valence-corrected chi connectivity index (χ4v) is 3.38. The first-order chi connectivity index (χ1) is 12.2. The van der Waals surface area contributed by atoms with Gasteiger partial charge in [0.1, 0.15) is 5.75 Å². The fraction of sp³-hybridized carbons (Fsp3) is 0.316. The summed E-state index contributed by atoms with van der Waals surface area (Å²) in [7, 11) is 0. The van der Waals surface area contributed by atoms with Gasteiger partial charge < -0.3 is 24.8 Å². The second-order valence-corrected chi connectivity index (χ2v) is 6.29. The number of hydrogen-bond acceptors (Lipinski definition) is 4. The topological polar surface area (TPSA) is 71.0 Å². The minimum Gasteiger partial charge on any atom is -0.508 e. The Hall–Kier alpha value is -2.89. The predicted molar refractivity (Wildman–Crippen MR) is 91.6 cm³/mol. The van der Waals surface area contributed by atoms with Gasteiger partial charge in [-0.3, -0.25) is 0 Å². The lowest BCUT2D eigenvalue weighted by atomic mass is 10.0. The van der Waals surface area contributed by atoms with Gasteiger partial charge in [0.05, 0.1) is 6.04 Å². The van der Waals surface area contributed by atoms with E-state index in [0.717, 1.165) is 42.0 Å². The maximum Gasteiger partial charge on any atom is 0.318 e. The van der Waals surface area contributed by atoms with Crippen LogP contribution in [0.15, 0.2) is 42.5 Å². The number of benzene rings is 2. The van der Waals surface area contributed by atoms with Gasteiger partial charge in [0.25, 0.3) is 0 Å². The molecule has 2 aromatic carbocycles. The molecule has 2 aliphatic rings.